The Bertz CT molecular complexity index is 413. The van der Waals surface area contributed by atoms with Crippen LogP contribution in [0.1, 0.15) is 49.5 Å². The number of anilines is 1. The van der Waals surface area contributed by atoms with Gasteiger partial charge in [0.05, 0.1) is 5.56 Å². The fraction of sp³-hybridized carbons (Fsp3) is 0.533. The molecule has 0 aromatic heterocycles. The second-order valence-corrected chi connectivity index (χ2v) is 5.35. The number of aromatic carboxylic acids is 1. The van der Waals surface area contributed by atoms with Crippen molar-refractivity contribution in [3.05, 3.63) is 29.3 Å². The minimum absolute atomic E-state index is 0.371. The number of hydrogen-bond acceptors (Lipinski definition) is 2. The number of aryl methyl sites for hydroxylation is 1. The molecule has 0 saturated carbocycles. The molecule has 0 amide bonds. The summed E-state index contributed by atoms with van der Waals surface area (Å²) in [4.78, 5) is 10.9. The molecule has 0 aliphatic heterocycles. The van der Waals surface area contributed by atoms with Gasteiger partial charge in [-0.05, 0) is 56.4 Å². The third-order valence-corrected chi connectivity index (χ3v) is 3.05. The largest absolute Gasteiger partial charge is 0.478 e. The van der Waals surface area contributed by atoms with Crippen LogP contribution >= 0.6 is 0 Å². The lowest BCUT2D eigenvalue weighted by molar-refractivity contribution is 0.0696. The number of benzene rings is 1. The van der Waals surface area contributed by atoms with E-state index in [1.54, 1.807) is 6.07 Å². The van der Waals surface area contributed by atoms with Gasteiger partial charge in [-0.15, -0.1) is 0 Å². The van der Waals surface area contributed by atoms with Crippen LogP contribution in [0.15, 0.2) is 18.2 Å². The highest BCUT2D eigenvalue weighted by Gasteiger charge is 2.08. The van der Waals surface area contributed by atoms with Crippen molar-refractivity contribution in [2.24, 2.45) is 5.92 Å². The Morgan fingerprint density at radius 1 is 1.28 bits per heavy atom. The summed E-state index contributed by atoms with van der Waals surface area (Å²) in [7, 11) is 0. The molecule has 1 aromatic carbocycles. The van der Waals surface area contributed by atoms with Crippen molar-refractivity contribution in [3.63, 3.8) is 0 Å². The zero-order valence-corrected chi connectivity index (χ0v) is 11.7. The van der Waals surface area contributed by atoms with E-state index in [2.05, 4.69) is 26.1 Å². The summed E-state index contributed by atoms with van der Waals surface area (Å²) in [6.45, 7) is 8.42. The minimum atomic E-state index is -0.869. The lowest BCUT2D eigenvalue weighted by atomic mass is 10.0. The zero-order chi connectivity index (χ0) is 13.7. The zero-order valence-electron chi connectivity index (χ0n) is 11.7. The van der Waals surface area contributed by atoms with Gasteiger partial charge < -0.3 is 10.4 Å². The third-order valence-electron chi connectivity index (χ3n) is 3.05. The van der Waals surface area contributed by atoms with Gasteiger partial charge in [-0.1, -0.05) is 13.8 Å². The van der Waals surface area contributed by atoms with Gasteiger partial charge in [0.2, 0.25) is 0 Å². The molecular formula is C15H23NO2. The summed E-state index contributed by atoms with van der Waals surface area (Å²) in [5, 5.41) is 12.4. The van der Waals surface area contributed by atoms with Gasteiger partial charge in [0.15, 0.2) is 0 Å². The number of rotatable bonds is 6. The Balaban J connectivity index is 2.63. The Kier molecular flexibility index (Phi) is 5.20. The Hall–Kier alpha value is -1.51. The first-order chi connectivity index (χ1) is 8.40. The smallest absolute Gasteiger partial charge is 0.335 e. The van der Waals surface area contributed by atoms with Crippen molar-refractivity contribution in [3.8, 4) is 0 Å². The van der Waals surface area contributed by atoms with Crippen LogP contribution in [-0.4, -0.2) is 17.1 Å². The molecule has 1 unspecified atom stereocenters. The summed E-state index contributed by atoms with van der Waals surface area (Å²) < 4.78 is 0. The van der Waals surface area contributed by atoms with E-state index in [-0.39, 0.29) is 0 Å². The predicted octanol–water partition coefficient (Wildman–Crippen LogP) is 3.93. The van der Waals surface area contributed by atoms with Crippen LogP contribution < -0.4 is 5.32 Å². The van der Waals surface area contributed by atoms with Crippen molar-refractivity contribution in [1.29, 1.82) is 0 Å². The molecule has 1 aromatic rings. The standard InChI is InChI=1S/C15H23NO2/c1-10(2)5-6-12(4)16-13-7-8-14(15(17)18)11(3)9-13/h7-10,12,16H,5-6H2,1-4H3,(H,17,18). The molecule has 0 aliphatic carbocycles. The Morgan fingerprint density at radius 3 is 2.44 bits per heavy atom. The monoisotopic (exact) mass is 249 g/mol. The number of hydrogen-bond donors (Lipinski definition) is 2. The maximum Gasteiger partial charge on any atom is 0.335 e. The molecule has 0 heterocycles. The van der Waals surface area contributed by atoms with E-state index in [4.69, 9.17) is 5.11 Å². The second kappa shape index (κ2) is 6.43. The SMILES string of the molecule is Cc1cc(NC(C)CCC(C)C)ccc1C(=O)O. The number of carboxylic acid groups (broad SMARTS) is 1. The third kappa shape index (κ3) is 4.40. The summed E-state index contributed by atoms with van der Waals surface area (Å²) in [6, 6.07) is 5.80. The molecule has 1 atom stereocenters. The average molecular weight is 249 g/mol. The first-order valence-corrected chi connectivity index (χ1v) is 6.50. The fourth-order valence-corrected chi connectivity index (χ4v) is 1.93. The van der Waals surface area contributed by atoms with Crippen LogP contribution in [0.5, 0.6) is 0 Å². The molecule has 3 nitrogen and oxygen atoms in total. The van der Waals surface area contributed by atoms with E-state index in [0.29, 0.717) is 17.5 Å². The van der Waals surface area contributed by atoms with Gasteiger partial charge in [-0.25, -0.2) is 4.79 Å². The average Bonchev–Trinajstić information content (AvgIpc) is 2.26. The van der Waals surface area contributed by atoms with Gasteiger partial charge in [0.1, 0.15) is 0 Å². The van der Waals surface area contributed by atoms with Gasteiger partial charge in [-0.2, -0.15) is 0 Å². The van der Waals surface area contributed by atoms with E-state index in [0.717, 1.165) is 17.7 Å². The molecular weight excluding hydrogens is 226 g/mol. The highest BCUT2D eigenvalue weighted by molar-refractivity contribution is 5.89. The van der Waals surface area contributed by atoms with Crippen molar-refractivity contribution in [2.75, 3.05) is 5.32 Å². The summed E-state index contributed by atoms with van der Waals surface area (Å²) in [5.74, 6) is -0.155. The summed E-state index contributed by atoms with van der Waals surface area (Å²) in [5.41, 5.74) is 2.16. The van der Waals surface area contributed by atoms with Crippen LogP contribution in [0, 0.1) is 12.8 Å². The van der Waals surface area contributed by atoms with Gasteiger partial charge in [-0.3, -0.25) is 0 Å². The molecule has 0 spiro atoms. The van der Waals surface area contributed by atoms with E-state index in [9.17, 15) is 4.79 Å². The quantitative estimate of drug-likeness (QED) is 0.803. The molecule has 0 bridgehead atoms. The summed E-state index contributed by atoms with van der Waals surface area (Å²) in [6.07, 6.45) is 2.32. The van der Waals surface area contributed by atoms with Crippen LogP contribution in [0.2, 0.25) is 0 Å². The number of carboxylic acids is 1. The lowest BCUT2D eigenvalue weighted by Gasteiger charge is -2.17. The van der Waals surface area contributed by atoms with E-state index >= 15 is 0 Å². The maximum atomic E-state index is 10.9. The van der Waals surface area contributed by atoms with Gasteiger partial charge >= 0.3 is 5.97 Å². The summed E-state index contributed by atoms with van der Waals surface area (Å²) >= 11 is 0. The van der Waals surface area contributed by atoms with Crippen LogP contribution in [-0.2, 0) is 0 Å². The Morgan fingerprint density at radius 2 is 1.94 bits per heavy atom. The minimum Gasteiger partial charge on any atom is -0.478 e. The fourth-order valence-electron chi connectivity index (χ4n) is 1.93. The highest BCUT2D eigenvalue weighted by Crippen LogP contribution is 2.17. The highest BCUT2D eigenvalue weighted by atomic mass is 16.4. The predicted molar refractivity (Wildman–Crippen MR) is 75.3 cm³/mol. The number of carbonyl (C=O) groups is 1. The molecule has 3 heteroatoms. The maximum absolute atomic E-state index is 10.9. The molecule has 1 rings (SSSR count). The van der Waals surface area contributed by atoms with E-state index < -0.39 is 5.97 Å². The normalized spacial score (nSPS) is 12.5. The van der Waals surface area contributed by atoms with Crippen molar-refractivity contribution in [2.45, 2.75) is 46.6 Å². The second-order valence-electron chi connectivity index (χ2n) is 5.35. The van der Waals surface area contributed by atoms with Gasteiger partial charge in [0.25, 0.3) is 0 Å². The van der Waals surface area contributed by atoms with Crippen molar-refractivity contribution >= 4 is 11.7 Å². The van der Waals surface area contributed by atoms with Crippen molar-refractivity contribution in [1.82, 2.24) is 0 Å². The van der Waals surface area contributed by atoms with Crippen molar-refractivity contribution < 1.29 is 9.90 Å². The molecule has 2 N–H and O–H groups in total. The topological polar surface area (TPSA) is 49.3 Å². The van der Waals surface area contributed by atoms with Crippen LogP contribution in [0.25, 0.3) is 0 Å². The number of nitrogens with one attached hydrogen (secondary N) is 1. The molecule has 0 fully saturated rings. The van der Waals surface area contributed by atoms with E-state index in [1.165, 1.54) is 6.42 Å². The molecule has 0 radical (unpaired) electrons. The van der Waals surface area contributed by atoms with Gasteiger partial charge in [0, 0.05) is 11.7 Å². The Labute approximate surface area is 109 Å². The molecule has 0 aliphatic rings. The molecule has 100 valence electrons. The first kappa shape index (κ1) is 14.6. The van der Waals surface area contributed by atoms with E-state index in [1.807, 2.05) is 19.1 Å². The first-order valence-electron chi connectivity index (χ1n) is 6.50. The molecule has 0 saturated heterocycles. The van der Waals surface area contributed by atoms with Crippen LogP contribution in [0.4, 0.5) is 5.69 Å². The molecule has 18 heavy (non-hydrogen) atoms. The van der Waals surface area contributed by atoms with Crippen LogP contribution in [0.3, 0.4) is 0 Å². The lowest BCUT2D eigenvalue weighted by Crippen LogP contribution is -2.16.